The van der Waals surface area contributed by atoms with Gasteiger partial charge in [-0.3, -0.25) is 4.79 Å². The molecule has 18 heavy (non-hydrogen) atoms. The molecule has 0 aliphatic rings. The van der Waals surface area contributed by atoms with Gasteiger partial charge in [-0.15, -0.1) is 0 Å². The van der Waals surface area contributed by atoms with Crippen LogP contribution in [0.3, 0.4) is 0 Å². The number of hydrogen-bond donors (Lipinski definition) is 0. The fourth-order valence-corrected chi connectivity index (χ4v) is 2.14. The number of rotatable bonds is 6. The minimum Gasteiger partial charge on any atom is -0.332 e. The fourth-order valence-electron chi connectivity index (χ4n) is 2.14. The molecule has 0 fully saturated rings. The molecule has 1 aromatic carbocycles. The van der Waals surface area contributed by atoms with Crippen molar-refractivity contribution in [2.24, 2.45) is 0 Å². The number of allylic oxidation sites excluding steroid dienone is 1. The van der Waals surface area contributed by atoms with Crippen LogP contribution in [0.15, 0.2) is 42.5 Å². The van der Waals surface area contributed by atoms with Gasteiger partial charge in [-0.1, -0.05) is 56.3 Å². The lowest BCUT2D eigenvalue weighted by Crippen LogP contribution is -2.34. The summed E-state index contributed by atoms with van der Waals surface area (Å²) in [6.07, 6.45) is 5.53. The van der Waals surface area contributed by atoms with Gasteiger partial charge in [0.2, 0.25) is 5.91 Å². The van der Waals surface area contributed by atoms with Gasteiger partial charge in [0.1, 0.15) is 0 Å². The molecule has 2 nitrogen and oxygen atoms in total. The quantitative estimate of drug-likeness (QED) is 0.695. The van der Waals surface area contributed by atoms with Crippen LogP contribution < -0.4 is 0 Å². The topological polar surface area (TPSA) is 20.3 Å². The highest BCUT2D eigenvalue weighted by Gasteiger charge is 2.21. The van der Waals surface area contributed by atoms with Crippen molar-refractivity contribution in [3.05, 3.63) is 48.0 Å². The highest BCUT2D eigenvalue weighted by molar-refractivity contribution is 5.76. The van der Waals surface area contributed by atoms with E-state index in [1.165, 1.54) is 5.56 Å². The van der Waals surface area contributed by atoms with Crippen LogP contribution in [0, 0.1) is 0 Å². The second kappa shape index (κ2) is 7.70. The van der Waals surface area contributed by atoms with E-state index in [2.05, 4.69) is 19.1 Å². The van der Waals surface area contributed by atoms with Gasteiger partial charge in [-0.05, 0) is 18.9 Å². The Labute approximate surface area is 110 Å². The van der Waals surface area contributed by atoms with Gasteiger partial charge in [0, 0.05) is 13.0 Å². The number of nitrogens with zero attached hydrogens (tertiary/aromatic N) is 1. The fraction of sp³-hybridized carbons (Fsp3) is 0.438. The molecule has 1 unspecified atom stereocenters. The van der Waals surface area contributed by atoms with Gasteiger partial charge >= 0.3 is 0 Å². The molecule has 0 heterocycles. The van der Waals surface area contributed by atoms with Crippen LogP contribution in [0.1, 0.15) is 45.2 Å². The van der Waals surface area contributed by atoms with Crippen LogP contribution in [0.25, 0.3) is 0 Å². The van der Waals surface area contributed by atoms with Crippen molar-refractivity contribution in [2.45, 2.75) is 39.7 Å². The van der Waals surface area contributed by atoms with Gasteiger partial charge in [0.05, 0.1) is 6.04 Å². The van der Waals surface area contributed by atoms with Crippen LogP contribution in [0.5, 0.6) is 0 Å². The molecule has 0 spiro atoms. The standard InChI is InChI=1S/C16H23NO/c1-4-7-13-17(16(18)6-3)15(5-2)14-11-9-8-10-12-14/h4,7-12,15H,5-6,13H2,1-3H3/b7-4+. The maximum absolute atomic E-state index is 12.1. The van der Waals surface area contributed by atoms with E-state index in [4.69, 9.17) is 0 Å². The Kier molecular flexibility index (Phi) is 6.20. The van der Waals surface area contributed by atoms with Crippen LogP contribution >= 0.6 is 0 Å². The normalized spacial score (nSPS) is 12.6. The van der Waals surface area contributed by atoms with E-state index >= 15 is 0 Å². The third-order valence-corrected chi connectivity index (χ3v) is 3.11. The highest BCUT2D eigenvalue weighted by atomic mass is 16.2. The summed E-state index contributed by atoms with van der Waals surface area (Å²) >= 11 is 0. The molecule has 0 saturated heterocycles. The van der Waals surface area contributed by atoms with Gasteiger partial charge in [0.15, 0.2) is 0 Å². The van der Waals surface area contributed by atoms with E-state index in [0.29, 0.717) is 13.0 Å². The van der Waals surface area contributed by atoms with Gasteiger partial charge in [-0.2, -0.15) is 0 Å². The predicted molar refractivity (Wildman–Crippen MR) is 76.3 cm³/mol. The minimum atomic E-state index is 0.176. The van der Waals surface area contributed by atoms with Crippen molar-refractivity contribution in [1.82, 2.24) is 4.90 Å². The van der Waals surface area contributed by atoms with Crippen LogP contribution in [-0.4, -0.2) is 17.4 Å². The second-order valence-corrected chi connectivity index (χ2v) is 4.30. The van der Waals surface area contributed by atoms with E-state index in [-0.39, 0.29) is 11.9 Å². The lowest BCUT2D eigenvalue weighted by atomic mass is 10.0. The largest absolute Gasteiger partial charge is 0.332 e. The highest BCUT2D eigenvalue weighted by Crippen LogP contribution is 2.24. The number of carbonyl (C=O) groups is 1. The molecular weight excluding hydrogens is 222 g/mol. The van der Waals surface area contributed by atoms with Crippen LogP contribution in [0.2, 0.25) is 0 Å². The smallest absolute Gasteiger partial charge is 0.223 e. The number of hydrogen-bond acceptors (Lipinski definition) is 1. The van der Waals surface area contributed by atoms with E-state index in [1.807, 2.05) is 49.1 Å². The number of carbonyl (C=O) groups excluding carboxylic acids is 1. The van der Waals surface area contributed by atoms with Crippen molar-refractivity contribution in [1.29, 1.82) is 0 Å². The molecule has 0 aromatic heterocycles. The average molecular weight is 245 g/mol. The zero-order chi connectivity index (χ0) is 13.4. The summed E-state index contributed by atoms with van der Waals surface area (Å²) in [7, 11) is 0. The van der Waals surface area contributed by atoms with Crippen molar-refractivity contribution in [3.63, 3.8) is 0 Å². The van der Waals surface area contributed by atoms with Gasteiger partial charge in [0.25, 0.3) is 0 Å². The minimum absolute atomic E-state index is 0.176. The third kappa shape index (κ3) is 3.73. The Morgan fingerprint density at radius 1 is 1.28 bits per heavy atom. The summed E-state index contributed by atoms with van der Waals surface area (Å²) in [6, 6.07) is 10.4. The molecule has 0 N–H and O–H groups in total. The maximum Gasteiger partial charge on any atom is 0.223 e. The molecule has 1 amide bonds. The Morgan fingerprint density at radius 2 is 1.94 bits per heavy atom. The number of amides is 1. The van der Waals surface area contributed by atoms with Crippen LogP contribution in [0.4, 0.5) is 0 Å². The average Bonchev–Trinajstić information content (AvgIpc) is 2.43. The Morgan fingerprint density at radius 3 is 2.44 bits per heavy atom. The van der Waals surface area contributed by atoms with Crippen molar-refractivity contribution >= 4 is 5.91 Å². The van der Waals surface area contributed by atoms with E-state index in [0.717, 1.165) is 6.42 Å². The second-order valence-electron chi connectivity index (χ2n) is 4.30. The van der Waals surface area contributed by atoms with Crippen molar-refractivity contribution in [3.8, 4) is 0 Å². The Balaban J connectivity index is 2.96. The third-order valence-electron chi connectivity index (χ3n) is 3.11. The molecule has 1 atom stereocenters. The zero-order valence-electron chi connectivity index (χ0n) is 11.6. The molecule has 98 valence electrons. The summed E-state index contributed by atoms with van der Waals surface area (Å²) < 4.78 is 0. The monoisotopic (exact) mass is 245 g/mol. The summed E-state index contributed by atoms with van der Waals surface area (Å²) in [6.45, 7) is 6.72. The molecule has 0 saturated carbocycles. The number of benzene rings is 1. The summed E-state index contributed by atoms with van der Waals surface area (Å²) in [4.78, 5) is 14.1. The Bertz CT molecular complexity index is 383. The van der Waals surface area contributed by atoms with Gasteiger partial charge < -0.3 is 4.90 Å². The molecule has 0 bridgehead atoms. The zero-order valence-corrected chi connectivity index (χ0v) is 11.6. The van der Waals surface area contributed by atoms with Crippen molar-refractivity contribution in [2.75, 3.05) is 6.54 Å². The first-order chi connectivity index (χ1) is 8.74. The first kappa shape index (κ1) is 14.5. The Hall–Kier alpha value is -1.57. The molecule has 1 rings (SSSR count). The van der Waals surface area contributed by atoms with E-state index in [9.17, 15) is 4.79 Å². The molecule has 0 aliphatic heterocycles. The predicted octanol–water partition coefficient (Wildman–Crippen LogP) is 3.95. The molecular formula is C16H23NO. The SMILES string of the molecule is C/C=C/CN(C(=O)CC)C(CC)c1ccccc1. The summed E-state index contributed by atoms with van der Waals surface area (Å²) in [5, 5.41) is 0. The lowest BCUT2D eigenvalue weighted by molar-refractivity contribution is -0.132. The van der Waals surface area contributed by atoms with Crippen molar-refractivity contribution < 1.29 is 4.79 Å². The van der Waals surface area contributed by atoms with E-state index < -0.39 is 0 Å². The maximum atomic E-state index is 12.1. The molecule has 0 aliphatic carbocycles. The summed E-state index contributed by atoms with van der Waals surface area (Å²) in [5.41, 5.74) is 1.21. The first-order valence-corrected chi connectivity index (χ1v) is 6.70. The van der Waals surface area contributed by atoms with Gasteiger partial charge in [-0.25, -0.2) is 0 Å². The van der Waals surface area contributed by atoms with E-state index in [1.54, 1.807) is 0 Å². The molecule has 1 aromatic rings. The molecule has 2 heteroatoms. The summed E-state index contributed by atoms with van der Waals surface area (Å²) in [5.74, 6) is 0.212. The molecule has 0 radical (unpaired) electrons. The first-order valence-electron chi connectivity index (χ1n) is 6.70. The van der Waals surface area contributed by atoms with Crippen LogP contribution in [-0.2, 0) is 4.79 Å². The lowest BCUT2D eigenvalue weighted by Gasteiger charge is -2.30.